The molecule has 5 rings (SSSR count). The first-order chi connectivity index (χ1) is 16.8. The summed E-state index contributed by atoms with van der Waals surface area (Å²) in [6.07, 6.45) is 8.10. The van der Waals surface area contributed by atoms with Crippen LogP contribution in [0.3, 0.4) is 0 Å². The Bertz CT molecular complexity index is 1030. The molecule has 192 valence electrons. The first kappa shape index (κ1) is 24.8. The van der Waals surface area contributed by atoms with Crippen LogP contribution < -0.4 is 5.32 Å². The Morgan fingerprint density at radius 1 is 1.03 bits per heavy atom. The van der Waals surface area contributed by atoms with Crippen LogP contribution in [-0.2, 0) is 20.2 Å². The third kappa shape index (κ3) is 4.76. The molecular formula is C27H39N3O4S. The van der Waals surface area contributed by atoms with Crippen LogP contribution in [0.1, 0.15) is 63.4 Å². The Hall–Kier alpha value is -1.93. The number of nitrogens with one attached hydrogen (secondary N) is 1. The number of benzene rings is 1. The van der Waals surface area contributed by atoms with Gasteiger partial charge in [-0.05, 0) is 69.9 Å². The second-order valence-corrected chi connectivity index (χ2v) is 13.7. The van der Waals surface area contributed by atoms with Crippen molar-refractivity contribution in [3.8, 4) is 0 Å². The lowest BCUT2D eigenvalue weighted by Crippen LogP contribution is -2.56. The Morgan fingerprint density at radius 2 is 1.69 bits per heavy atom. The fraction of sp³-hybridized carbons (Fsp3) is 0.704. The van der Waals surface area contributed by atoms with Crippen molar-refractivity contribution in [2.75, 3.05) is 38.2 Å². The number of hydrogen-bond acceptors (Lipinski definition) is 5. The molecule has 1 aromatic carbocycles. The second-order valence-electron chi connectivity index (χ2n) is 11.4. The molecule has 35 heavy (non-hydrogen) atoms. The van der Waals surface area contributed by atoms with Gasteiger partial charge in [-0.25, -0.2) is 13.2 Å². The van der Waals surface area contributed by atoms with Crippen LogP contribution in [0, 0.1) is 11.8 Å². The molecule has 0 unspecified atom stereocenters. The van der Waals surface area contributed by atoms with Crippen LogP contribution in [0.4, 0.5) is 4.79 Å². The molecule has 2 saturated heterocycles. The van der Waals surface area contributed by atoms with E-state index in [0.717, 1.165) is 32.2 Å². The van der Waals surface area contributed by atoms with Gasteiger partial charge in [-0.1, -0.05) is 36.8 Å². The molecule has 2 aliphatic carbocycles. The molecule has 2 aliphatic heterocycles. The molecule has 1 aromatic rings. The maximum absolute atomic E-state index is 13.7. The number of ketones is 1. The first-order valence-corrected chi connectivity index (χ1v) is 15.1. The van der Waals surface area contributed by atoms with Crippen LogP contribution in [0.5, 0.6) is 0 Å². The fourth-order valence-corrected chi connectivity index (χ4v) is 8.24. The van der Waals surface area contributed by atoms with E-state index < -0.39 is 9.84 Å². The molecule has 1 N–H and O–H groups in total. The van der Waals surface area contributed by atoms with Gasteiger partial charge in [-0.15, -0.1) is 0 Å². The summed E-state index contributed by atoms with van der Waals surface area (Å²) in [6, 6.07) is 10.6. The molecule has 0 aromatic heterocycles. The van der Waals surface area contributed by atoms with Gasteiger partial charge in [-0.3, -0.25) is 4.79 Å². The fourth-order valence-electron chi connectivity index (χ4n) is 6.75. The van der Waals surface area contributed by atoms with Crippen molar-refractivity contribution >= 4 is 21.7 Å². The molecule has 7 nitrogen and oxygen atoms in total. The van der Waals surface area contributed by atoms with Crippen LogP contribution in [0.2, 0.25) is 0 Å². The summed E-state index contributed by atoms with van der Waals surface area (Å²) in [7, 11) is -0.978. The highest BCUT2D eigenvalue weighted by molar-refractivity contribution is 7.91. The predicted molar refractivity (Wildman–Crippen MR) is 136 cm³/mol. The van der Waals surface area contributed by atoms with E-state index in [-0.39, 0.29) is 46.9 Å². The van der Waals surface area contributed by atoms with Crippen LogP contribution in [0.15, 0.2) is 30.3 Å². The molecule has 0 radical (unpaired) electrons. The monoisotopic (exact) mass is 501 g/mol. The lowest BCUT2D eigenvalue weighted by atomic mass is 9.68. The number of Topliss-reactive ketones (excluding diaryl/α,β-unsaturated/α-hetero) is 1. The van der Waals surface area contributed by atoms with E-state index in [0.29, 0.717) is 25.3 Å². The van der Waals surface area contributed by atoms with Crippen LogP contribution >= 0.6 is 0 Å². The normalized spacial score (nSPS) is 28.9. The van der Waals surface area contributed by atoms with Crippen molar-refractivity contribution in [3.05, 3.63) is 35.9 Å². The number of carbonyl (C=O) groups excluding carboxylic acids is 2. The summed E-state index contributed by atoms with van der Waals surface area (Å²) in [4.78, 5) is 30.7. The van der Waals surface area contributed by atoms with Gasteiger partial charge in [0.1, 0.15) is 9.84 Å². The average Bonchev–Trinajstić information content (AvgIpc) is 3.07. The van der Waals surface area contributed by atoms with Crippen molar-refractivity contribution in [1.29, 1.82) is 0 Å². The Labute approximate surface area is 209 Å². The zero-order valence-electron chi connectivity index (χ0n) is 20.9. The molecule has 8 heteroatoms. The second kappa shape index (κ2) is 9.51. The zero-order valence-corrected chi connectivity index (χ0v) is 21.7. The summed E-state index contributed by atoms with van der Waals surface area (Å²) >= 11 is 0. The van der Waals surface area contributed by atoms with Gasteiger partial charge in [0.2, 0.25) is 0 Å². The number of carbonyl (C=O) groups is 2. The number of hydrogen-bond donors (Lipinski definition) is 1. The van der Waals surface area contributed by atoms with E-state index in [2.05, 4.69) is 34.5 Å². The smallest absolute Gasteiger partial charge is 0.317 e. The van der Waals surface area contributed by atoms with E-state index in [1.165, 1.54) is 24.8 Å². The summed E-state index contributed by atoms with van der Waals surface area (Å²) in [5, 5.41) is 3.60. The number of amides is 2. The lowest BCUT2D eigenvalue weighted by molar-refractivity contribution is -0.123. The summed E-state index contributed by atoms with van der Waals surface area (Å²) in [5.74, 6) is 0.518. The van der Waals surface area contributed by atoms with E-state index >= 15 is 0 Å². The standard InChI is InChI=1S/C27H39N3O4S/c1-28-27(23-8-3-2-4-9-23)14-12-26(13-15-27)20-29(25(32)30(26)18-21-6-5-7-21)19-24(31)22-10-16-35(33,34)17-11-22/h2-4,8-9,21-22,28H,5-7,10-20H2,1H3/t26-,27+. The first-order valence-electron chi connectivity index (χ1n) is 13.3. The highest BCUT2D eigenvalue weighted by Crippen LogP contribution is 2.47. The summed E-state index contributed by atoms with van der Waals surface area (Å²) < 4.78 is 23.6. The SMILES string of the molecule is CN[C@]1(c2ccccc2)CC[C@]2(CC1)CN(CC(=O)C1CCS(=O)(=O)CC1)C(=O)N2CC1CCC1. The maximum atomic E-state index is 13.7. The Kier molecular flexibility index (Phi) is 6.72. The van der Waals surface area contributed by atoms with Crippen molar-refractivity contribution < 1.29 is 18.0 Å². The molecule has 1 spiro atoms. The minimum atomic E-state index is -3.01. The highest BCUT2D eigenvalue weighted by Gasteiger charge is 2.54. The van der Waals surface area contributed by atoms with Crippen LogP contribution in [-0.4, -0.2) is 73.8 Å². The van der Waals surface area contributed by atoms with Gasteiger partial charge >= 0.3 is 6.03 Å². The number of urea groups is 1. The summed E-state index contributed by atoms with van der Waals surface area (Å²) in [6.45, 7) is 1.51. The van der Waals surface area contributed by atoms with Gasteiger partial charge in [0.05, 0.1) is 23.6 Å². The van der Waals surface area contributed by atoms with Gasteiger partial charge in [0.25, 0.3) is 0 Å². The number of rotatable bonds is 7. The zero-order chi connectivity index (χ0) is 24.7. The molecule has 2 heterocycles. The highest BCUT2D eigenvalue weighted by atomic mass is 32.2. The average molecular weight is 502 g/mol. The van der Waals surface area contributed by atoms with Gasteiger partial charge in [0.15, 0.2) is 5.78 Å². The summed E-state index contributed by atoms with van der Waals surface area (Å²) in [5.41, 5.74) is 0.985. The number of nitrogens with zero attached hydrogens (tertiary/aromatic N) is 2. The molecule has 2 amide bonds. The third-order valence-corrected chi connectivity index (χ3v) is 11.1. The van der Waals surface area contributed by atoms with Crippen LogP contribution in [0.25, 0.3) is 0 Å². The van der Waals surface area contributed by atoms with E-state index in [1.54, 1.807) is 4.90 Å². The van der Waals surface area contributed by atoms with E-state index in [4.69, 9.17) is 0 Å². The lowest BCUT2D eigenvalue weighted by Gasteiger charge is -2.49. The van der Waals surface area contributed by atoms with Gasteiger partial charge in [0, 0.05) is 24.5 Å². The van der Waals surface area contributed by atoms with Crippen molar-refractivity contribution in [1.82, 2.24) is 15.1 Å². The van der Waals surface area contributed by atoms with Gasteiger partial charge in [-0.2, -0.15) is 0 Å². The van der Waals surface area contributed by atoms with Crippen molar-refractivity contribution in [2.45, 2.75) is 68.9 Å². The van der Waals surface area contributed by atoms with Crippen molar-refractivity contribution in [2.24, 2.45) is 11.8 Å². The minimum absolute atomic E-state index is 0.00495. The predicted octanol–water partition coefficient (Wildman–Crippen LogP) is 3.35. The largest absolute Gasteiger partial charge is 0.321 e. The van der Waals surface area contributed by atoms with E-state index in [9.17, 15) is 18.0 Å². The Balaban J connectivity index is 1.32. The maximum Gasteiger partial charge on any atom is 0.321 e. The van der Waals surface area contributed by atoms with Gasteiger partial charge < -0.3 is 15.1 Å². The van der Waals surface area contributed by atoms with Crippen molar-refractivity contribution in [3.63, 3.8) is 0 Å². The third-order valence-electron chi connectivity index (χ3n) is 9.42. The topological polar surface area (TPSA) is 86.8 Å². The van der Waals surface area contributed by atoms with E-state index in [1.807, 2.05) is 13.1 Å². The Morgan fingerprint density at radius 3 is 2.26 bits per heavy atom. The molecule has 0 atom stereocenters. The minimum Gasteiger partial charge on any atom is -0.317 e. The molecular weight excluding hydrogens is 462 g/mol. The molecule has 4 aliphatic rings. The number of sulfone groups is 1. The molecule has 2 saturated carbocycles. The molecule has 4 fully saturated rings. The molecule has 0 bridgehead atoms. The quantitative estimate of drug-likeness (QED) is 0.619.